The van der Waals surface area contributed by atoms with Crippen LogP contribution in [0.2, 0.25) is 0 Å². The van der Waals surface area contributed by atoms with Crippen LogP contribution < -0.4 is 0 Å². The highest BCUT2D eigenvalue weighted by Gasteiger charge is 2.25. The van der Waals surface area contributed by atoms with Crippen molar-refractivity contribution in [3.05, 3.63) is 24.5 Å². The molecule has 0 aromatic rings. The van der Waals surface area contributed by atoms with Gasteiger partial charge in [-0.1, -0.05) is 11.6 Å². The first-order valence-corrected chi connectivity index (χ1v) is 3.01. The highest BCUT2D eigenvalue weighted by Crippen LogP contribution is 2.07. The van der Waals surface area contributed by atoms with Crippen LogP contribution >= 0.6 is 0 Å². The molecule has 1 heterocycles. The lowest BCUT2D eigenvalue weighted by atomic mass is 10.6. The third-order valence-corrected chi connectivity index (χ3v) is 1.02. The van der Waals surface area contributed by atoms with Crippen LogP contribution in [0.5, 0.6) is 0 Å². The van der Waals surface area contributed by atoms with Gasteiger partial charge < -0.3 is 4.84 Å². The summed E-state index contributed by atoms with van der Waals surface area (Å²) in [7, 11) is 0. The fourth-order valence-corrected chi connectivity index (χ4v) is 0.632. The van der Waals surface area contributed by atoms with Crippen molar-refractivity contribution in [1.29, 1.82) is 0 Å². The van der Waals surface area contributed by atoms with Crippen molar-refractivity contribution in [2.24, 2.45) is 0 Å². The molecule has 0 fully saturated rings. The maximum atomic E-state index is 10.8. The van der Waals surface area contributed by atoms with E-state index in [0.717, 1.165) is 12.2 Å². The van der Waals surface area contributed by atoms with Crippen molar-refractivity contribution < 1.29 is 14.4 Å². The minimum absolute atomic E-state index is 0.301. The van der Waals surface area contributed by atoms with E-state index in [1.807, 2.05) is 0 Å². The zero-order valence-electron chi connectivity index (χ0n) is 6.03. The van der Waals surface area contributed by atoms with Crippen molar-refractivity contribution in [3.8, 4) is 0 Å². The zero-order chi connectivity index (χ0) is 8.43. The van der Waals surface area contributed by atoms with Crippen molar-refractivity contribution >= 4 is 11.8 Å². The second kappa shape index (κ2) is 2.57. The lowest BCUT2D eigenvalue weighted by Gasteiger charge is -2.12. The molecule has 1 aliphatic rings. The van der Waals surface area contributed by atoms with E-state index in [9.17, 15) is 9.59 Å². The molecule has 0 atom stereocenters. The largest absolute Gasteiger partial charge is 0.374 e. The van der Waals surface area contributed by atoms with Crippen LogP contribution in [0.15, 0.2) is 24.5 Å². The monoisotopic (exact) mass is 153 g/mol. The summed E-state index contributed by atoms with van der Waals surface area (Å²) in [5, 5.41) is 0.655. The highest BCUT2D eigenvalue weighted by molar-refractivity contribution is 6.11. The normalized spacial score (nSPS) is 15.9. The molecule has 0 N–H and O–H groups in total. The van der Waals surface area contributed by atoms with E-state index in [1.54, 1.807) is 6.92 Å². The number of rotatable bonds is 2. The molecular formula is C7H7NO3. The molecule has 0 aromatic carbocycles. The van der Waals surface area contributed by atoms with Crippen molar-refractivity contribution in [3.63, 3.8) is 0 Å². The fourth-order valence-electron chi connectivity index (χ4n) is 0.632. The number of amides is 2. The van der Waals surface area contributed by atoms with Crippen LogP contribution in [0.1, 0.15) is 6.92 Å². The molecule has 1 aliphatic heterocycles. The topological polar surface area (TPSA) is 46.6 Å². The summed E-state index contributed by atoms with van der Waals surface area (Å²) in [6.07, 6.45) is 2.29. The Kier molecular flexibility index (Phi) is 1.76. The van der Waals surface area contributed by atoms with E-state index in [2.05, 4.69) is 6.58 Å². The number of allylic oxidation sites excluding steroid dienone is 1. The van der Waals surface area contributed by atoms with Gasteiger partial charge in [0.15, 0.2) is 0 Å². The molecule has 0 saturated heterocycles. The molecule has 0 saturated carbocycles. The lowest BCUT2D eigenvalue weighted by molar-refractivity contribution is -0.174. The number of imide groups is 1. The van der Waals surface area contributed by atoms with Gasteiger partial charge in [-0.05, 0) is 6.92 Å². The number of carbonyl (C=O) groups excluding carboxylic acids is 2. The predicted molar refractivity (Wildman–Crippen MR) is 36.9 cm³/mol. The van der Waals surface area contributed by atoms with Gasteiger partial charge in [-0.25, -0.2) is 0 Å². The zero-order valence-corrected chi connectivity index (χ0v) is 6.03. The smallest absolute Gasteiger partial charge is 0.287 e. The predicted octanol–water partition coefficient (Wildman–Crippen LogP) is 0.377. The molecule has 4 nitrogen and oxygen atoms in total. The molecule has 0 spiro atoms. The molecule has 0 radical (unpaired) electrons. The molecular weight excluding hydrogens is 146 g/mol. The quantitative estimate of drug-likeness (QED) is 0.425. The van der Waals surface area contributed by atoms with E-state index in [-0.39, 0.29) is 0 Å². The Hall–Kier alpha value is -1.58. The Labute approximate surface area is 63.7 Å². The average molecular weight is 153 g/mol. The van der Waals surface area contributed by atoms with Gasteiger partial charge in [-0.2, -0.15) is 0 Å². The van der Waals surface area contributed by atoms with Crippen molar-refractivity contribution in [1.82, 2.24) is 5.06 Å². The summed E-state index contributed by atoms with van der Waals surface area (Å²) in [4.78, 5) is 26.3. The van der Waals surface area contributed by atoms with E-state index in [0.29, 0.717) is 10.8 Å². The van der Waals surface area contributed by atoms with Crippen LogP contribution in [0.4, 0.5) is 0 Å². The summed E-state index contributed by atoms with van der Waals surface area (Å²) in [5.41, 5.74) is 0. The first-order valence-electron chi connectivity index (χ1n) is 3.01. The number of nitrogens with zero attached hydrogens (tertiary/aromatic N) is 1. The summed E-state index contributed by atoms with van der Waals surface area (Å²) in [6.45, 7) is 4.95. The van der Waals surface area contributed by atoms with E-state index in [1.165, 1.54) is 0 Å². The van der Waals surface area contributed by atoms with Crippen LogP contribution in [-0.4, -0.2) is 16.9 Å². The molecule has 0 aromatic heterocycles. The molecule has 0 aliphatic carbocycles. The standard InChI is InChI=1S/C7H7NO3/c1-5(2)11-8-6(9)3-4-7(8)10/h3-4H,1H2,2H3. The fraction of sp³-hybridized carbons (Fsp3) is 0.143. The Morgan fingerprint density at radius 1 is 1.45 bits per heavy atom. The van der Waals surface area contributed by atoms with E-state index in [4.69, 9.17) is 4.84 Å². The molecule has 0 bridgehead atoms. The summed E-state index contributed by atoms with van der Waals surface area (Å²) >= 11 is 0. The molecule has 0 unspecified atom stereocenters. The maximum absolute atomic E-state index is 10.8. The van der Waals surface area contributed by atoms with Crippen LogP contribution in [0, 0.1) is 0 Å². The first-order chi connectivity index (χ1) is 5.11. The SMILES string of the molecule is C=C(C)ON1C(=O)C=CC1=O. The third kappa shape index (κ3) is 1.46. The van der Waals surface area contributed by atoms with Gasteiger partial charge in [0.05, 0.1) is 0 Å². The van der Waals surface area contributed by atoms with Crippen molar-refractivity contribution in [2.75, 3.05) is 0 Å². The van der Waals surface area contributed by atoms with Gasteiger partial charge in [0.25, 0.3) is 11.8 Å². The number of hydrogen-bond acceptors (Lipinski definition) is 3. The molecule has 4 heteroatoms. The summed E-state index contributed by atoms with van der Waals surface area (Å²) < 4.78 is 0. The number of hydroxylamine groups is 2. The number of carbonyl (C=O) groups is 2. The van der Waals surface area contributed by atoms with Gasteiger partial charge in [0.1, 0.15) is 5.76 Å². The molecule has 58 valence electrons. The van der Waals surface area contributed by atoms with Crippen LogP contribution in [0.25, 0.3) is 0 Å². The van der Waals surface area contributed by atoms with Gasteiger partial charge in [-0.15, -0.1) is 0 Å². The first kappa shape index (κ1) is 7.53. The Balaban J connectivity index is 2.66. The Bertz CT molecular complexity index is 236. The summed E-state index contributed by atoms with van der Waals surface area (Å²) in [6, 6.07) is 0. The van der Waals surface area contributed by atoms with Gasteiger partial charge >= 0.3 is 0 Å². The maximum Gasteiger partial charge on any atom is 0.287 e. The van der Waals surface area contributed by atoms with Crippen LogP contribution in [0.3, 0.4) is 0 Å². The molecule has 1 rings (SSSR count). The van der Waals surface area contributed by atoms with Crippen LogP contribution in [-0.2, 0) is 14.4 Å². The summed E-state index contributed by atoms with van der Waals surface area (Å²) in [5.74, 6) is -0.647. The van der Waals surface area contributed by atoms with Gasteiger partial charge in [0.2, 0.25) is 0 Å². The second-order valence-corrected chi connectivity index (χ2v) is 2.10. The van der Waals surface area contributed by atoms with Gasteiger partial charge in [-0.3, -0.25) is 9.59 Å². The Morgan fingerprint density at radius 2 is 1.91 bits per heavy atom. The molecule has 2 amide bonds. The third-order valence-electron chi connectivity index (χ3n) is 1.02. The second-order valence-electron chi connectivity index (χ2n) is 2.10. The minimum atomic E-state index is -0.474. The number of hydrogen-bond donors (Lipinski definition) is 0. The van der Waals surface area contributed by atoms with E-state index < -0.39 is 11.8 Å². The van der Waals surface area contributed by atoms with Gasteiger partial charge in [0, 0.05) is 12.2 Å². The van der Waals surface area contributed by atoms with Crippen molar-refractivity contribution in [2.45, 2.75) is 6.92 Å². The minimum Gasteiger partial charge on any atom is -0.374 e. The van der Waals surface area contributed by atoms with E-state index >= 15 is 0 Å². The highest BCUT2D eigenvalue weighted by atomic mass is 16.7. The average Bonchev–Trinajstić information content (AvgIpc) is 2.18. The molecule has 11 heavy (non-hydrogen) atoms. The Morgan fingerprint density at radius 3 is 2.27 bits per heavy atom. The lowest BCUT2D eigenvalue weighted by Crippen LogP contribution is -2.29.